The lowest BCUT2D eigenvalue weighted by atomic mass is 9.63. The number of nitrogens with zero attached hydrogens (tertiary/aromatic N) is 3. The van der Waals surface area contributed by atoms with Gasteiger partial charge in [0.1, 0.15) is 11.4 Å². The Morgan fingerprint density at radius 1 is 1.02 bits per heavy atom. The van der Waals surface area contributed by atoms with Crippen LogP contribution in [0.25, 0.3) is 0 Å². The van der Waals surface area contributed by atoms with Gasteiger partial charge in [-0.05, 0) is 116 Å². The molecule has 1 amide bonds. The maximum absolute atomic E-state index is 14.6. The fourth-order valence-electron chi connectivity index (χ4n) is 11.8. The predicted molar refractivity (Wildman–Crippen MR) is 230 cm³/mol. The van der Waals surface area contributed by atoms with Crippen molar-refractivity contribution >= 4 is 33.2 Å². The second kappa shape index (κ2) is 15.5. The van der Waals surface area contributed by atoms with Gasteiger partial charge in [-0.25, -0.2) is 13.1 Å². The molecule has 0 aromatic heterocycles. The lowest BCUT2D eigenvalue weighted by Crippen LogP contribution is -2.62. The topological polar surface area (TPSA) is 101 Å². The second-order valence-electron chi connectivity index (χ2n) is 18.6. The number of hydrogen-bond donors (Lipinski definition) is 1. The van der Waals surface area contributed by atoms with E-state index in [-0.39, 0.29) is 17.3 Å². The van der Waals surface area contributed by atoms with Crippen molar-refractivity contribution in [3.8, 4) is 5.75 Å². The number of hydrogen-bond acceptors (Lipinski definition) is 9. The third kappa shape index (κ3) is 7.21. The molecule has 7 aliphatic rings. The number of carbonyl (C=O) groups excluding carboxylic acids is 1. The average Bonchev–Trinajstić information content (AvgIpc) is 3.97. The zero-order valence-electron chi connectivity index (χ0n) is 34.1. The molecule has 4 fully saturated rings. The minimum atomic E-state index is -4.10. The van der Waals surface area contributed by atoms with Crippen molar-refractivity contribution in [3.05, 3.63) is 106 Å². The van der Waals surface area contributed by atoms with E-state index in [9.17, 15) is 13.2 Å². The molecule has 10 rings (SSSR count). The Morgan fingerprint density at radius 2 is 1.90 bits per heavy atom. The molecule has 4 aliphatic heterocycles. The molecular formula is C47H57ClN4O6S. The minimum absolute atomic E-state index is 0.146. The van der Waals surface area contributed by atoms with Crippen LogP contribution in [0.5, 0.6) is 5.75 Å². The van der Waals surface area contributed by atoms with Crippen LogP contribution in [0.2, 0.25) is 5.02 Å². The van der Waals surface area contributed by atoms with E-state index in [0.717, 1.165) is 101 Å². The van der Waals surface area contributed by atoms with E-state index < -0.39 is 26.3 Å². The molecule has 2 bridgehead atoms. The summed E-state index contributed by atoms with van der Waals surface area (Å²) in [5.41, 5.74) is 3.79. The summed E-state index contributed by atoms with van der Waals surface area (Å²) >= 11 is 6.55. The number of allylic oxidation sites excluding steroid dienone is 1. The van der Waals surface area contributed by atoms with Crippen molar-refractivity contribution < 1.29 is 27.4 Å². The van der Waals surface area contributed by atoms with Crippen LogP contribution in [0.4, 0.5) is 5.69 Å². The molecule has 3 aliphatic carbocycles. The number of amides is 1. The highest BCUT2D eigenvalue weighted by Gasteiger charge is 2.63. The van der Waals surface area contributed by atoms with Gasteiger partial charge in [-0.2, -0.15) is 0 Å². The Balaban J connectivity index is 1.05. The molecule has 3 aromatic carbocycles. The average molecular weight is 842 g/mol. The standard InChI is InChI=1S/C47H57ClN4O6S/c1-56-46(31-50-19-20-51-21-22-57-29-39(51)28-50)18-6-10-37-26-47(37,25-33-7-3-2-4-8-33)59(54,55)49-44(53)35-12-16-43-42(24-35)52(27-36-11-14-41(36)46)30-45(32-58-43)17-5-9-34-23-38(48)13-15-40(34)45/h2-4,6-8,12-13,15-16,18,23-24,36-37,39,41H,5,9-11,14,17,19-22,25-32H2,1H3,(H,49,53)/b18-6+/t36-,37+,39-,41+,45-,46-,47-/m0/s1. The highest BCUT2D eigenvalue weighted by atomic mass is 35.5. The van der Waals surface area contributed by atoms with Crippen LogP contribution in [0.3, 0.4) is 0 Å². The van der Waals surface area contributed by atoms with Crippen molar-refractivity contribution in [1.29, 1.82) is 0 Å². The van der Waals surface area contributed by atoms with Crippen molar-refractivity contribution in [2.24, 2.45) is 17.8 Å². The Bertz CT molecular complexity index is 2220. The number of piperazine rings is 1. The summed E-state index contributed by atoms with van der Waals surface area (Å²) in [5.74, 6) is 0.522. The monoisotopic (exact) mass is 840 g/mol. The number of halogens is 1. The number of carbonyl (C=O) groups is 1. The molecule has 7 atom stereocenters. The largest absolute Gasteiger partial charge is 0.490 e. The Labute approximate surface area is 354 Å². The summed E-state index contributed by atoms with van der Waals surface area (Å²) < 4.78 is 50.2. The summed E-state index contributed by atoms with van der Waals surface area (Å²) in [5, 5.41) is 0.746. The molecule has 2 saturated carbocycles. The number of aryl methyl sites for hydroxylation is 1. The van der Waals surface area contributed by atoms with Crippen molar-refractivity contribution in [1.82, 2.24) is 14.5 Å². The highest BCUT2D eigenvalue weighted by molar-refractivity contribution is 7.91. The molecule has 10 nitrogen and oxygen atoms in total. The van der Waals surface area contributed by atoms with E-state index in [2.05, 4.69) is 43.7 Å². The van der Waals surface area contributed by atoms with Crippen LogP contribution in [-0.4, -0.2) is 113 Å². The van der Waals surface area contributed by atoms with E-state index in [4.69, 9.17) is 25.8 Å². The van der Waals surface area contributed by atoms with E-state index in [1.807, 2.05) is 55.6 Å². The van der Waals surface area contributed by atoms with Crippen LogP contribution in [-0.2, 0) is 37.8 Å². The summed E-state index contributed by atoms with van der Waals surface area (Å²) in [6, 6.07) is 21.9. The van der Waals surface area contributed by atoms with Gasteiger partial charge in [-0.3, -0.25) is 14.6 Å². The predicted octanol–water partition coefficient (Wildman–Crippen LogP) is 6.26. The quantitative estimate of drug-likeness (QED) is 0.299. The maximum Gasteiger partial charge on any atom is 0.264 e. The number of sulfonamides is 1. The Kier molecular flexibility index (Phi) is 10.4. The first-order valence-electron chi connectivity index (χ1n) is 21.8. The SMILES string of the molecule is CO[C@]1(CN2CCN3CCOC[C@@H]3C2)/C=C/C[C@@H]2C[C@]2(Cc2ccccc2)S(=O)(=O)NC(=O)c2ccc3c(c2)N(C[C@@H]2CC[C@H]21)C[C@@]1(CCCc2cc(Cl)ccc21)CO3. The Morgan fingerprint density at radius 3 is 2.73 bits per heavy atom. The number of ether oxygens (including phenoxy) is 3. The third-order valence-electron chi connectivity index (χ3n) is 15.3. The van der Waals surface area contributed by atoms with Gasteiger partial charge in [0, 0.05) is 75.0 Å². The number of nitrogens with one attached hydrogen (secondary N) is 1. The molecule has 314 valence electrons. The Hall–Kier alpha value is -3.45. The lowest BCUT2D eigenvalue weighted by molar-refractivity contribution is -0.108. The van der Waals surface area contributed by atoms with Gasteiger partial charge >= 0.3 is 0 Å². The van der Waals surface area contributed by atoms with Crippen LogP contribution >= 0.6 is 11.6 Å². The number of rotatable bonds is 5. The molecule has 0 radical (unpaired) electrons. The van der Waals surface area contributed by atoms with Gasteiger partial charge in [0.05, 0.1) is 30.3 Å². The molecule has 12 heteroatoms. The molecule has 1 N–H and O–H groups in total. The molecule has 59 heavy (non-hydrogen) atoms. The van der Waals surface area contributed by atoms with E-state index in [1.54, 1.807) is 6.07 Å². The molecule has 2 saturated heterocycles. The van der Waals surface area contributed by atoms with Crippen LogP contribution in [0.1, 0.15) is 65.6 Å². The van der Waals surface area contributed by atoms with Gasteiger partial charge in [-0.1, -0.05) is 60.2 Å². The summed E-state index contributed by atoms with van der Waals surface area (Å²) in [6.45, 7) is 8.20. The molecule has 0 unspecified atom stereocenters. The number of anilines is 1. The minimum Gasteiger partial charge on any atom is -0.490 e. The first-order valence-corrected chi connectivity index (χ1v) is 23.6. The van der Waals surface area contributed by atoms with Crippen molar-refractivity contribution in [2.75, 3.05) is 77.6 Å². The first kappa shape index (κ1) is 39.7. The van der Waals surface area contributed by atoms with Gasteiger partial charge in [0.2, 0.25) is 10.0 Å². The second-order valence-corrected chi connectivity index (χ2v) is 21.1. The van der Waals surface area contributed by atoms with Gasteiger partial charge in [-0.15, -0.1) is 0 Å². The summed E-state index contributed by atoms with van der Waals surface area (Å²) in [6.07, 6.45) is 11.0. The molecule has 1 spiro atoms. The maximum atomic E-state index is 14.6. The fraction of sp³-hybridized carbons (Fsp3) is 0.553. The van der Waals surface area contributed by atoms with Crippen LogP contribution < -0.4 is 14.4 Å². The van der Waals surface area contributed by atoms with E-state index in [1.165, 1.54) is 11.1 Å². The van der Waals surface area contributed by atoms with Crippen LogP contribution in [0, 0.1) is 17.8 Å². The fourth-order valence-corrected chi connectivity index (χ4v) is 13.9. The molecule has 4 heterocycles. The van der Waals surface area contributed by atoms with Crippen LogP contribution in [0.15, 0.2) is 78.9 Å². The number of morpholine rings is 1. The normalized spacial score (nSPS) is 34.7. The third-order valence-corrected chi connectivity index (χ3v) is 17.7. The molecule has 3 aromatic rings. The zero-order valence-corrected chi connectivity index (χ0v) is 35.7. The van der Waals surface area contributed by atoms with Crippen molar-refractivity contribution in [3.63, 3.8) is 0 Å². The lowest BCUT2D eigenvalue weighted by Gasteiger charge is -2.53. The highest BCUT2D eigenvalue weighted by Crippen LogP contribution is 2.55. The van der Waals surface area contributed by atoms with Gasteiger partial charge < -0.3 is 19.1 Å². The van der Waals surface area contributed by atoms with E-state index in [0.29, 0.717) is 55.7 Å². The summed E-state index contributed by atoms with van der Waals surface area (Å²) in [7, 11) is -2.22. The number of benzene rings is 3. The van der Waals surface area contributed by atoms with Gasteiger partial charge in [0.25, 0.3) is 5.91 Å². The van der Waals surface area contributed by atoms with E-state index >= 15 is 0 Å². The molecular weight excluding hydrogens is 784 g/mol. The smallest absolute Gasteiger partial charge is 0.264 e. The summed E-state index contributed by atoms with van der Waals surface area (Å²) in [4.78, 5) is 21.8. The zero-order chi connectivity index (χ0) is 40.4. The first-order chi connectivity index (χ1) is 28.6. The number of methoxy groups -OCH3 is 1. The number of fused-ring (bicyclic) bond motifs is 6. The van der Waals surface area contributed by atoms with Gasteiger partial charge in [0.15, 0.2) is 0 Å². The van der Waals surface area contributed by atoms with Crippen molar-refractivity contribution in [2.45, 2.75) is 73.2 Å².